The lowest BCUT2D eigenvalue weighted by atomic mass is 10.0. The predicted octanol–water partition coefficient (Wildman–Crippen LogP) is 1.52. The van der Waals surface area contributed by atoms with E-state index >= 15 is 0 Å². The molecule has 1 fully saturated rings. The van der Waals surface area contributed by atoms with Crippen molar-refractivity contribution in [2.45, 2.75) is 45.1 Å². The van der Waals surface area contributed by atoms with E-state index in [9.17, 15) is 0 Å². The van der Waals surface area contributed by atoms with Crippen molar-refractivity contribution in [2.75, 3.05) is 26.2 Å². The molecule has 1 rings (SSSR count). The van der Waals surface area contributed by atoms with Crippen LogP contribution in [0.5, 0.6) is 0 Å². The van der Waals surface area contributed by atoms with E-state index in [1.165, 1.54) is 32.1 Å². The van der Waals surface area contributed by atoms with Crippen LogP contribution in [0.25, 0.3) is 0 Å². The quantitative estimate of drug-likeness (QED) is 0.602. The second kappa shape index (κ2) is 8.08. The monoisotopic (exact) mass is 214 g/mol. The molecule has 2 unspecified atom stereocenters. The van der Waals surface area contributed by atoms with E-state index in [-0.39, 0.29) is 0 Å². The van der Waals surface area contributed by atoms with E-state index in [1.807, 2.05) is 0 Å². The average Bonchev–Trinajstić information content (AvgIpc) is 2.63. The lowest BCUT2D eigenvalue weighted by Crippen LogP contribution is -2.27. The molecule has 2 atom stereocenters. The number of unbranched alkanes of at least 4 members (excludes halogenated alkanes) is 3. The molecule has 0 aromatic carbocycles. The molecule has 0 aromatic heterocycles. The van der Waals surface area contributed by atoms with Gasteiger partial charge >= 0.3 is 0 Å². The van der Waals surface area contributed by atoms with Crippen molar-refractivity contribution in [3.8, 4) is 0 Å². The fraction of sp³-hybridized carbons (Fsp3) is 1.00. The topological polar surface area (TPSA) is 47.3 Å². The second-order valence-electron chi connectivity index (χ2n) is 4.53. The van der Waals surface area contributed by atoms with Crippen molar-refractivity contribution < 1.29 is 4.74 Å². The van der Waals surface area contributed by atoms with Gasteiger partial charge in [-0.1, -0.05) is 12.8 Å². The number of rotatable bonds is 8. The third kappa shape index (κ3) is 5.50. The Balaban J connectivity index is 1.84. The maximum Gasteiger partial charge on any atom is 0.0588 e. The Bertz CT molecular complexity index is 153. The van der Waals surface area contributed by atoms with Gasteiger partial charge in [0.25, 0.3) is 0 Å². The number of hydrogen-bond acceptors (Lipinski definition) is 3. The SMILES string of the molecule is CC1OCCC1CNCCCCCCN. The number of nitrogens with two attached hydrogens (primary N) is 1. The first-order valence-corrected chi connectivity index (χ1v) is 6.37. The van der Waals surface area contributed by atoms with Gasteiger partial charge in [-0.05, 0) is 45.2 Å². The highest BCUT2D eigenvalue weighted by molar-refractivity contribution is 4.74. The van der Waals surface area contributed by atoms with Gasteiger partial charge in [0.15, 0.2) is 0 Å². The first-order valence-electron chi connectivity index (χ1n) is 6.37. The number of hydrogen-bond donors (Lipinski definition) is 2. The molecule has 0 amide bonds. The summed E-state index contributed by atoms with van der Waals surface area (Å²) in [5.41, 5.74) is 5.44. The van der Waals surface area contributed by atoms with Crippen LogP contribution in [0.4, 0.5) is 0 Å². The zero-order chi connectivity index (χ0) is 10.9. The Kier molecular flexibility index (Phi) is 6.98. The smallest absolute Gasteiger partial charge is 0.0588 e. The Morgan fingerprint density at radius 2 is 2.07 bits per heavy atom. The van der Waals surface area contributed by atoms with E-state index in [0.29, 0.717) is 6.10 Å². The molecule has 1 aliphatic heterocycles. The van der Waals surface area contributed by atoms with E-state index < -0.39 is 0 Å². The fourth-order valence-corrected chi connectivity index (χ4v) is 2.08. The Labute approximate surface area is 93.8 Å². The highest BCUT2D eigenvalue weighted by atomic mass is 16.5. The molecule has 0 aromatic rings. The summed E-state index contributed by atoms with van der Waals surface area (Å²) in [4.78, 5) is 0. The summed E-state index contributed by atoms with van der Waals surface area (Å²) in [5, 5.41) is 3.52. The molecule has 0 saturated carbocycles. The van der Waals surface area contributed by atoms with Crippen LogP contribution in [-0.4, -0.2) is 32.3 Å². The fourth-order valence-electron chi connectivity index (χ4n) is 2.08. The Hall–Kier alpha value is -0.120. The van der Waals surface area contributed by atoms with Crippen molar-refractivity contribution in [1.82, 2.24) is 5.32 Å². The summed E-state index contributed by atoms with van der Waals surface area (Å²) >= 11 is 0. The lowest BCUT2D eigenvalue weighted by Gasteiger charge is -2.14. The van der Waals surface area contributed by atoms with Crippen LogP contribution in [0.2, 0.25) is 0 Å². The molecular weight excluding hydrogens is 188 g/mol. The zero-order valence-electron chi connectivity index (χ0n) is 10.0. The van der Waals surface area contributed by atoms with Crippen LogP contribution in [0.1, 0.15) is 39.0 Å². The van der Waals surface area contributed by atoms with Gasteiger partial charge in [-0.2, -0.15) is 0 Å². The van der Waals surface area contributed by atoms with Gasteiger partial charge in [0.05, 0.1) is 6.10 Å². The largest absolute Gasteiger partial charge is 0.378 e. The summed E-state index contributed by atoms with van der Waals surface area (Å²) in [5.74, 6) is 0.731. The molecule has 0 bridgehead atoms. The summed E-state index contributed by atoms with van der Waals surface area (Å²) in [7, 11) is 0. The summed E-state index contributed by atoms with van der Waals surface area (Å²) < 4.78 is 5.52. The highest BCUT2D eigenvalue weighted by Crippen LogP contribution is 2.19. The van der Waals surface area contributed by atoms with Crippen LogP contribution in [-0.2, 0) is 4.74 Å². The van der Waals surface area contributed by atoms with Gasteiger partial charge < -0.3 is 15.8 Å². The van der Waals surface area contributed by atoms with Gasteiger partial charge in [0, 0.05) is 13.2 Å². The van der Waals surface area contributed by atoms with Crippen LogP contribution in [0.3, 0.4) is 0 Å². The number of nitrogens with one attached hydrogen (secondary N) is 1. The lowest BCUT2D eigenvalue weighted by molar-refractivity contribution is 0.105. The number of ether oxygens (including phenoxy) is 1. The minimum absolute atomic E-state index is 0.453. The van der Waals surface area contributed by atoms with Crippen molar-refractivity contribution in [2.24, 2.45) is 11.7 Å². The predicted molar refractivity (Wildman–Crippen MR) is 63.9 cm³/mol. The molecule has 1 saturated heterocycles. The minimum Gasteiger partial charge on any atom is -0.378 e. The molecule has 1 heterocycles. The second-order valence-corrected chi connectivity index (χ2v) is 4.53. The molecule has 0 radical (unpaired) electrons. The maximum atomic E-state index is 5.52. The summed E-state index contributed by atoms with van der Waals surface area (Å²) in [6, 6.07) is 0. The Morgan fingerprint density at radius 3 is 2.73 bits per heavy atom. The van der Waals surface area contributed by atoms with Gasteiger partial charge in [0.1, 0.15) is 0 Å². The van der Waals surface area contributed by atoms with Crippen LogP contribution >= 0.6 is 0 Å². The van der Waals surface area contributed by atoms with Gasteiger partial charge in [-0.15, -0.1) is 0 Å². The molecule has 0 aliphatic carbocycles. The van der Waals surface area contributed by atoms with Crippen molar-refractivity contribution in [3.05, 3.63) is 0 Å². The zero-order valence-corrected chi connectivity index (χ0v) is 10.0. The molecule has 3 heteroatoms. The highest BCUT2D eigenvalue weighted by Gasteiger charge is 2.23. The molecule has 0 spiro atoms. The maximum absolute atomic E-state index is 5.52. The van der Waals surface area contributed by atoms with Gasteiger partial charge in [-0.3, -0.25) is 0 Å². The van der Waals surface area contributed by atoms with E-state index in [2.05, 4.69) is 12.2 Å². The minimum atomic E-state index is 0.453. The first-order chi connectivity index (χ1) is 7.34. The summed E-state index contributed by atoms with van der Waals surface area (Å²) in [6.45, 7) is 6.24. The third-order valence-corrected chi connectivity index (χ3v) is 3.25. The standard InChI is InChI=1S/C12H26N2O/c1-11-12(6-9-15-11)10-14-8-5-3-2-4-7-13/h11-12,14H,2-10,13H2,1H3. The van der Waals surface area contributed by atoms with E-state index in [1.54, 1.807) is 0 Å². The van der Waals surface area contributed by atoms with Crippen molar-refractivity contribution in [1.29, 1.82) is 0 Å². The van der Waals surface area contributed by atoms with E-state index in [4.69, 9.17) is 10.5 Å². The molecule has 3 N–H and O–H groups in total. The van der Waals surface area contributed by atoms with Crippen LogP contribution < -0.4 is 11.1 Å². The van der Waals surface area contributed by atoms with Gasteiger partial charge in [0.2, 0.25) is 0 Å². The van der Waals surface area contributed by atoms with E-state index in [0.717, 1.165) is 32.2 Å². The average molecular weight is 214 g/mol. The van der Waals surface area contributed by atoms with Crippen LogP contribution in [0.15, 0.2) is 0 Å². The van der Waals surface area contributed by atoms with Crippen molar-refractivity contribution >= 4 is 0 Å². The third-order valence-electron chi connectivity index (χ3n) is 3.25. The van der Waals surface area contributed by atoms with Crippen LogP contribution in [0, 0.1) is 5.92 Å². The Morgan fingerprint density at radius 1 is 1.27 bits per heavy atom. The molecule has 15 heavy (non-hydrogen) atoms. The molecule has 1 aliphatic rings. The molecule has 3 nitrogen and oxygen atoms in total. The molecular formula is C12H26N2O. The molecule has 90 valence electrons. The summed E-state index contributed by atoms with van der Waals surface area (Å²) in [6.07, 6.45) is 6.72. The first kappa shape index (κ1) is 12.9. The van der Waals surface area contributed by atoms with Gasteiger partial charge in [-0.25, -0.2) is 0 Å². The normalized spacial score (nSPS) is 26.0. The van der Waals surface area contributed by atoms with Crippen molar-refractivity contribution in [3.63, 3.8) is 0 Å².